The molecule has 0 aromatic carbocycles. The third kappa shape index (κ3) is 2.81. The van der Waals surface area contributed by atoms with Crippen LogP contribution in [0.5, 0.6) is 0 Å². The van der Waals surface area contributed by atoms with Crippen molar-refractivity contribution in [3.8, 4) is 0 Å². The lowest BCUT2D eigenvalue weighted by Crippen LogP contribution is -2.30. The molecule has 0 amide bonds. The lowest BCUT2D eigenvalue weighted by molar-refractivity contribution is -0.139. The van der Waals surface area contributed by atoms with Crippen molar-refractivity contribution in [1.29, 1.82) is 0 Å². The van der Waals surface area contributed by atoms with Crippen LogP contribution in [-0.2, 0) is 9.53 Å². The second-order valence-corrected chi connectivity index (χ2v) is 5.20. The Bertz CT molecular complexity index is 723. The highest BCUT2D eigenvalue weighted by atomic mass is 16.5. The van der Waals surface area contributed by atoms with Gasteiger partial charge in [-0.05, 0) is 31.0 Å². The van der Waals surface area contributed by atoms with Crippen molar-refractivity contribution in [1.82, 2.24) is 19.7 Å². The largest absolute Gasteiger partial charge is 0.463 e. The number of fused-ring (bicyclic) bond motifs is 1. The minimum absolute atomic E-state index is 0.327. The lowest BCUT2D eigenvalue weighted by atomic mass is 9.95. The van der Waals surface area contributed by atoms with Gasteiger partial charge in [0.25, 0.3) is 0 Å². The number of carbonyl (C=O) groups excluding carboxylic acids is 1. The van der Waals surface area contributed by atoms with Gasteiger partial charge in [-0.3, -0.25) is 4.98 Å². The van der Waals surface area contributed by atoms with Crippen LogP contribution in [0, 0.1) is 0 Å². The number of hydrogen-bond acceptors (Lipinski definition) is 6. The molecule has 1 aliphatic rings. The molecule has 2 aromatic heterocycles. The first-order valence-electron chi connectivity index (χ1n) is 7.72. The van der Waals surface area contributed by atoms with Crippen LogP contribution in [0.15, 0.2) is 42.1 Å². The van der Waals surface area contributed by atoms with Crippen molar-refractivity contribution >= 4 is 11.9 Å². The molecule has 23 heavy (non-hydrogen) atoms. The molecule has 7 nitrogen and oxygen atoms in total. The van der Waals surface area contributed by atoms with E-state index in [9.17, 15) is 4.79 Å². The normalized spacial score (nSPS) is 16.7. The van der Waals surface area contributed by atoms with Gasteiger partial charge >= 0.3 is 5.97 Å². The topological polar surface area (TPSA) is 81.9 Å². The molecule has 7 heteroatoms. The average molecular weight is 313 g/mol. The second kappa shape index (κ2) is 6.60. The lowest BCUT2D eigenvalue weighted by Gasteiger charge is -2.29. The highest BCUT2D eigenvalue weighted by Crippen LogP contribution is 2.36. The fourth-order valence-electron chi connectivity index (χ4n) is 2.76. The predicted molar refractivity (Wildman–Crippen MR) is 84.6 cm³/mol. The Labute approximate surface area is 134 Å². The van der Waals surface area contributed by atoms with E-state index in [-0.39, 0.29) is 12.0 Å². The number of aromatic nitrogens is 4. The number of ether oxygens (including phenoxy) is 1. The average Bonchev–Trinajstić information content (AvgIpc) is 3.03. The van der Waals surface area contributed by atoms with Crippen molar-refractivity contribution in [3.63, 3.8) is 0 Å². The molecule has 2 aromatic rings. The quantitative estimate of drug-likeness (QED) is 0.853. The predicted octanol–water partition coefficient (Wildman–Crippen LogP) is 2.31. The maximum absolute atomic E-state index is 12.6. The first-order chi connectivity index (χ1) is 11.3. The number of anilines is 1. The van der Waals surface area contributed by atoms with Crippen LogP contribution >= 0.6 is 0 Å². The molecular formula is C16H19N5O2. The van der Waals surface area contributed by atoms with Gasteiger partial charge in [-0.15, -0.1) is 0 Å². The first kappa shape index (κ1) is 15.2. The summed E-state index contributed by atoms with van der Waals surface area (Å²) < 4.78 is 7.00. The zero-order valence-electron chi connectivity index (χ0n) is 13.2. The molecule has 1 N–H and O–H groups in total. The summed E-state index contributed by atoms with van der Waals surface area (Å²) in [4.78, 5) is 20.9. The molecule has 0 aliphatic carbocycles. The van der Waals surface area contributed by atoms with Crippen LogP contribution in [0.4, 0.5) is 5.95 Å². The van der Waals surface area contributed by atoms with Gasteiger partial charge in [0.2, 0.25) is 5.95 Å². The van der Waals surface area contributed by atoms with Gasteiger partial charge in [0.15, 0.2) is 0 Å². The SMILES string of the molecule is CCCC1=C(C(=O)OCC)[C@H](c2ccncc2)n2ncnc2N1. The van der Waals surface area contributed by atoms with Gasteiger partial charge in [0.1, 0.15) is 12.4 Å². The Morgan fingerprint density at radius 2 is 2.13 bits per heavy atom. The van der Waals surface area contributed by atoms with E-state index in [1.54, 1.807) is 24.0 Å². The Kier molecular flexibility index (Phi) is 4.36. The highest BCUT2D eigenvalue weighted by molar-refractivity contribution is 5.92. The van der Waals surface area contributed by atoms with Gasteiger partial charge in [-0.25, -0.2) is 9.48 Å². The fourth-order valence-corrected chi connectivity index (χ4v) is 2.76. The number of hydrogen-bond donors (Lipinski definition) is 1. The molecule has 0 fully saturated rings. The van der Waals surface area contributed by atoms with Gasteiger partial charge in [-0.2, -0.15) is 10.1 Å². The first-order valence-corrected chi connectivity index (χ1v) is 7.72. The van der Waals surface area contributed by atoms with Gasteiger partial charge in [0.05, 0.1) is 12.2 Å². The standard InChI is InChI=1S/C16H19N5O2/c1-3-5-12-13(15(22)23-4-2)14(11-6-8-17-9-7-11)21-16(20-12)18-10-19-21/h6-10,14H,3-5H2,1-2H3,(H,18,19,20)/t14-/m0/s1. The summed E-state index contributed by atoms with van der Waals surface area (Å²) in [6.07, 6.45) is 6.53. The zero-order chi connectivity index (χ0) is 16.2. The summed E-state index contributed by atoms with van der Waals surface area (Å²) >= 11 is 0. The van der Waals surface area contributed by atoms with Gasteiger partial charge in [0, 0.05) is 18.1 Å². The van der Waals surface area contributed by atoms with Crippen molar-refractivity contribution in [2.24, 2.45) is 0 Å². The molecular weight excluding hydrogens is 294 g/mol. The van der Waals surface area contributed by atoms with Gasteiger partial charge in [-0.1, -0.05) is 13.3 Å². The molecule has 120 valence electrons. The molecule has 1 atom stereocenters. The van der Waals surface area contributed by atoms with Crippen LogP contribution < -0.4 is 5.32 Å². The summed E-state index contributed by atoms with van der Waals surface area (Å²) in [5.41, 5.74) is 2.34. The number of nitrogens with one attached hydrogen (secondary N) is 1. The Morgan fingerprint density at radius 1 is 1.35 bits per heavy atom. The van der Waals surface area contributed by atoms with Crippen LogP contribution in [-0.4, -0.2) is 32.3 Å². The van der Waals surface area contributed by atoms with E-state index in [1.807, 2.05) is 12.1 Å². The molecule has 0 saturated carbocycles. The number of carbonyl (C=O) groups is 1. The minimum Gasteiger partial charge on any atom is -0.463 e. The Morgan fingerprint density at radius 3 is 2.83 bits per heavy atom. The number of rotatable bonds is 5. The van der Waals surface area contributed by atoms with E-state index >= 15 is 0 Å². The number of nitrogens with zero attached hydrogens (tertiary/aromatic N) is 4. The number of allylic oxidation sites excluding steroid dienone is 1. The second-order valence-electron chi connectivity index (χ2n) is 5.20. The van der Waals surface area contributed by atoms with Crippen molar-refractivity contribution < 1.29 is 9.53 Å². The van der Waals surface area contributed by atoms with Crippen molar-refractivity contribution in [2.45, 2.75) is 32.7 Å². The number of pyridine rings is 1. The van der Waals surface area contributed by atoms with E-state index in [0.717, 1.165) is 24.1 Å². The summed E-state index contributed by atoms with van der Waals surface area (Å²) in [5.74, 6) is 0.301. The summed E-state index contributed by atoms with van der Waals surface area (Å²) in [5, 5.41) is 7.50. The Balaban J connectivity index is 2.15. The van der Waals surface area contributed by atoms with E-state index in [0.29, 0.717) is 18.1 Å². The minimum atomic E-state index is -0.364. The van der Waals surface area contributed by atoms with E-state index in [1.165, 1.54) is 6.33 Å². The van der Waals surface area contributed by atoms with Crippen LogP contribution in [0.2, 0.25) is 0 Å². The summed E-state index contributed by atoms with van der Waals surface area (Å²) in [7, 11) is 0. The summed E-state index contributed by atoms with van der Waals surface area (Å²) in [6.45, 7) is 4.20. The molecule has 0 saturated heterocycles. The van der Waals surface area contributed by atoms with E-state index < -0.39 is 0 Å². The maximum Gasteiger partial charge on any atom is 0.338 e. The third-order valence-electron chi connectivity index (χ3n) is 3.70. The highest BCUT2D eigenvalue weighted by Gasteiger charge is 2.35. The van der Waals surface area contributed by atoms with Gasteiger partial charge < -0.3 is 10.1 Å². The summed E-state index contributed by atoms with van der Waals surface area (Å²) in [6, 6.07) is 3.39. The number of esters is 1. The van der Waals surface area contributed by atoms with Crippen LogP contribution in [0.1, 0.15) is 38.3 Å². The molecule has 0 radical (unpaired) electrons. The fraction of sp³-hybridized carbons (Fsp3) is 0.375. The molecule has 3 rings (SSSR count). The third-order valence-corrected chi connectivity index (χ3v) is 3.70. The molecule has 1 aliphatic heterocycles. The van der Waals surface area contributed by atoms with E-state index in [4.69, 9.17) is 4.74 Å². The van der Waals surface area contributed by atoms with Crippen LogP contribution in [0.3, 0.4) is 0 Å². The smallest absolute Gasteiger partial charge is 0.338 e. The molecule has 3 heterocycles. The van der Waals surface area contributed by atoms with E-state index in [2.05, 4.69) is 27.3 Å². The van der Waals surface area contributed by atoms with Crippen LogP contribution in [0.25, 0.3) is 0 Å². The van der Waals surface area contributed by atoms with Crippen molar-refractivity contribution in [2.75, 3.05) is 11.9 Å². The molecule has 0 spiro atoms. The monoisotopic (exact) mass is 313 g/mol. The zero-order valence-corrected chi connectivity index (χ0v) is 13.2. The molecule has 0 unspecified atom stereocenters. The maximum atomic E-state index is 12.6. The Hall–Kier alpha value is -2.70. The molecule has 0 bridgehead atoms. The van der Waals surface area contributed by atoms with Crippen molar-refractivity contribution in [3.05, 3.63) is 47.7 Å².